The number of fused-ring (bicyclic) bond motifs is 1. The normalized spacial score (nSPS) is 14.2. The second kappa shape index (κ2) is 5.96. The van der Waals surface area contributed by atoms with Crippen LogP contribution in [-0.4, -0.2) is 19.4 Å². The molecule has 106 valence electrons. The molecule has 0 radical (unpaired) electrons. The van der Waals surface area contributed by atoms with E-state index < -0.39 is 0 Å². The van der Waals surface area contributed by atoms with Crippen molar-refractivity contribution in [2.45, 2.75) is 12.8 Å². The average Bonchev–Trinajstić information content (AvgIpc) is 2.53. The molecule has 0 aliphatic carbocycles. The van der Waals surface area contributed by atoms with E-state index in [1.54, 1.807) is 6.08 Å². The van der Waals surface area contributed by atoms with Gasteiger partial charge in [0, 0.05) is 24.8 Å². The zero-order chi connectivity index (χ0) is 14.7. The Morgan fingerprint density at radius 1 is 1.14 bits per heavy atom. The zero-order valence-corrected chi connectivity index (χ0v) is 12.3. The molecule has 0 saturated carbocycles. The van der Waals surface area contributed by atoms with Crippen LogP contribution >= 0.6 is 0 Å². The maximum Gasteiger partial charge on any atom is 0.185 e. The molecule has 0 unspecified atom stereocenters. The van der Waals surface area contributed by atoms with E-state index >= 15 is 0 Å². The Bertz CT molecular complexity index is 673. The van der Waals surface area contributed by atoms with Crippen molar-refractivity contribution in [3.63, 3.8) is 0 Å². The van der Waals surface area contributed by atoms with Gasteiger partial charge in [0.15, 0.2) is 5.78 Å². The Kier molecular flexibility index (Phi) is 3.87. The van der Waals surface area contributed by atoms with Gasteiger partial charge in [0.2, 0.25) is 0 Å². The fourth-order valence-electron chi connectivity index (χ4n) is 2.78. The maximum atomic E-state index is 12.1. The van der Waals surface area contributed by atoms with Gasteiger partial charge in [-0.15, -0.1) is 0 Å². The third-order valence-corrected chi connectivity index (χ3v) is 3.94. The van der Waals surface area contributed by atoms with Crippen molar-refractivity contribution in [2.24, 2.45) is 0 Å². The van der Waals surface area contributed by atoms with E-state index in [1.165, 1.54) is 17.7 Å². The summed E-state index contributed by atoms with van der Waals surface area (Å²) in [7, 11) is 2.13. The van der Waals surface area contributed by atoms with Crippen LogP contribution in [-0.2, 0) is 6.42 Å². The van der Waals surface area contributed by atoms with E-state index in [2.05, 4.69) is 30.1 Å². The molecule has 0 amide bonds. The van der Waals surface area contributed by atoms with Gasteiger partial charge in [0.1, 0.15) is 0 Å². The number of hydrogen-bond acceptors (Lipinski definition) is 2. The second-order valence-corrected chi connectivity index (χ2v) is 5.48. The topological polar surface area (TPSA) is 20.3 Å². The number of aryl methyl sites for hydroxylation is 1. The van der Waals surface area contributed by atoms with Gasteiger partial charge in [-0.1, -0.05) is 42.5 Å². The van der Waals surface area contributed by atoms with E-state index in [0.717, 1.165) is 24.1 Å². The van der Waals surface area contributed by atoms with Gasteiger partial charge in [-0.05, 0) is 42.2 Å². The summed E-state index contributed by atoms with van der Waals surface area (Å²) >= 11 is 0. The van der Waals surface area contributed by atoms with Crippen molar-refractivity contribution < 1.29 is 4.79 Å². The highest BCUT2D eigenvalue weighted by Gasteiger charge is 2.13. The van der Waals surface area contributed by atoms with Crippen molar-refractivity contribution in [3.8, 4) is 0 Å². The minimum Gasteiger partial charge on any atom is -0.374 e. The Morgan fingerprint density at radius 2 is 1.95 bits per heavy atom. The standard InChI is InChI=1S/C19H19NO/c1-20-13-5-8-17-14-15(9-11-18(17)20)10-12-19(21)16-6-3-2-4-7-16/h2-4,6-7,9-12,14H,5,8,13H2,1H3/b12-10+. The first-order valence-electron chi connectivity index (χ1n) is 7.35. The lowest BCUT2D eigenvalue weighted by Crippen LogP contribution is -2.24. The quantitative estimate of drug-likeness (QED) is 0.625. The van der Waals surface area contributed by atoms with Crippen LogP contribution < -0.4 is 4.90 Å². The summed E-state index contributed by atoms with van der Waals surface area (Å²) in [6.45, 7) is 1.12. The second-order valence-electron chi connectivity index (χ2n) is 5.48. The molecule has 3 rings (SSSR count). The molecule has 0 spiro atoms. The number of benzene rings is 2. The lowest BCUT2D eigenvalue weighted by Gasteiger charge is -2.27. The summed E-state index contributed by atoms with van der Waals surface area (Å²) in [5.41, 5.74) is 4.51. The number of ketones is 1. The molecule has 2 aromatic carbocycles. The van der Waals surface area contributed by atoms with Crippen LogP contribution in [0.25, 0.3) is 6.08 Å². The summed E-state index contributed by atoms with van der Waals surface area (Å²) in [6, 6.07) is 15.8. The SMILES string of the molecule is CN1CCCc2cc(/C=C/C(=O)c3ccccc3)ccc21. The Hall–Kier alpha value is -2.35. The zero-order valence-electron chi connectivity index (χ0n) is 12.3. The molecular formula is C19H19NO. The number of rotatable bonds is 3. The van der Waals surface area contributed by atoms with Crippen LogP contribution in [0.5, 0.6) is 0 Å². The van der Waals surface area contributed by atoms with Gasteiger partial charge < -0.3 is 4.90 Å². The highest BCUT2D eigenvalue weighted by atomic mass is 16.1. The number of allylic oxidation sites excluding steroid dienone is 1. The van der Waals surface area contributed by atoms with E-state index in [-0.39, 0.29) is 5.78 Å². The molecule has 0 atom stereocenters. The molecule has 2 nitrogen and oxygen atoms in total. The monoisotopic (exact) mass is 277 g/mol. The van der Waals surface area contributed by atoms with Gasteiger partial charge in [-0.2, -0.15) is 0 Å². The minimum atomic E-state index is 0.0467. The van der Waals surface area contributed by atoms with Crippen LogP contribution in [0.4, 0.5) is 5.69 Å². The first-order chi connectivity index (χ1) is 10.2. The molecule has 2 aromatic rings. The van der Waals surface area contributed by atoms with Crippen LogP contribution in [0.3, 0.4) is 0 Å². The van der Waals surface area contributed by atoms with E-state index in [4.69, 9.17) is 0 Å². The summed E-state index contributed by atoms with van der Waals surface area (Å²) < 4.78 is 0. The number of carbonyl (C=O) groups excluding carboxylic acids is 1. The largest absolute Gasteiger partial charge is 0.374 e. The van der Waals surface area contributed by atoms with Gasteiger partial charge >= 0.3 is 0 Å². The van der Waals surface area contributed by atoms with Crippen molar-refractivity contribution in [1.29, 1.82) is 0 Å². The maximum absolute atomic E-state index is 12.1. The summed E-state index contributed by atoms with van der Waals surface area (Å²) in [5.74, 6) is 0.0467. The molecule has 0 fully saturated rings. The predicted molar refractivity (Wildman–Crippen MR) is 87.8 cm³/mol. The fourth-order valence-corrected chi connectivity index (χ4v) is 2.78. The van der Waals surface area contributed by atoms with Crippen molar-refractivity contribution in [3.05, 3.63) is 71.3 Å². The molecule has 1 aliphatic heterocycles. The van der Waals surface area contributed by atoms with E-state index in [1.807, 2.05) is 36.4 Å². The molecule has 0 saturated heterocycles. The summed E-state index contributed by atoms with van der Waals surface area (Å²) in [6.07, 6.45) is 5.88. The third-order valence-electron chi connectivity index (χ3n) is 3.94. The lowest BCUT2D eigenvalue weighted by atomic mass is 9.99. The molecule has 21 heavy (non-hydrogen) atoms. The fraction of sp³-hybridized carbons (Fsp3) is 0.211. The van der Waals surface area contributed by atoms with Gasteiger partial charge in [0.05, 0.1) is 0 Å². The first-order valence-corrected chi connectivity index (χ1v) is 7.35. The number of carbonyl (C=O) groups is 1. The van der Waals surface area contributed by atoms with Crippen molar-refractivity contribution >= 4 is 17.5 Å². The van der Waals surface area contributed by atoms with Crippen LogP contribution in [0.2, 0.25) is 0 Å². The molecular weight excluding hydrogens is 258 g/mol. The van der Waals surface area contributed by atoms with Gasteiger partial charge in [0.25, 0.3) is 0 Å². The smallest absolute Gasteiger partial charge is 0.185 e. The molecule has 0 bridgehead atoms. The average molecular weight is 277 g/mol. The third kappa shape index (κ3) is 3.05. The van der Waals surface area contributed by atoms with Crippen LogP contribution in [0.1, 0.15) is 27.9 Å². The van der Waals surface area contributed by atoms with E-state index in [9.17, 15) is 4.79 Å². The minimum absolute atomic E-state index is 0.0467. The molecule has 1 heterocycles. The van der Waals surface area contributed by atoms with Crippen LogP contribution in [0, 0.1) is 0 Å². The molecule has 1 aliphatic rings. The van der Waals surface area contributed by atoms with Gasteiger partial charge in [-0.25, -0.2) is 0 Å². The van der Waals surface area contributed by atoms with Crippen molar-refractivity contribution in [1.82, 2.24) is 0 Å². The van der Waals surface area contributed by atoms with Crippen molar-refractivity contribution in [2.75, 3.05) is 18.5 Å². The Labute approximate surface area is 125 Å². The number of hydrogen-bond donors (Lipinski definition) is 0. The molecule has 0 N–H and O–H groups in total. The highest BCUT2D eigenvalue weighted by molar-refractivity contribution is 6.06. The van der Waals surface area contributed by atoms with Crippen LogP contribution in [0.15, 0.2) is 54.6 Å². The van der Waals surface area contributed by atoms with E-state index in [0.29, 0.717) is 0 Å². The molecule has 0 aromatic heterocycles. The first kappa shape index (κ1) is 13.6. The Balaban J connectivity index is 1.79. The molecule has 2 heteroatoms. The highest BCUT2D eigenvalue weighted by Crippen LogP contribution is 2.27. The lowest BCUT2D eigenvalue weighted by molar-refractivity contribution is 0.104. The Morgan fingerprint density at radius 3 is 2.76 bits per heavy atom. The summed E-state index contributed by atoms with van der Waals surface area (Å²) in [5, 5.41) is 0. The van der Waals surface area contributed by atoms with Gasteiger partial charge in [-0.3, -0.25) is 4.79 Å². The summed E-state index contributed by atoms with van der Waals surface area (Å²) in [4.78, 5) is 14.4. The number of nitrogens with zero attached hydrogens (tertiary/aromatic N) is 1. The predicted octanol–water partition coefficient (Wildman–Crippen LogP) is 3.97. The number of anilines is 1.